The van der Waals surface area contributed by atoms with Gasteiger partial charge in [0.2, 0.25) is 5.91 Å². The van der Waals surface area contributed by atoms with E-state index >= 15 is 0 Å². The van der Waals surface area contributed by atoms with Crippen LogP contribution in [0.4, 0.5) is 5.69 Å². The van der Waals surface area contributed by atoms with Crippen molar-refractivity contribution in [1.29, 1.82) is 0 Å². The van der Waals surface area contributed by atoms with Gasteiger partial charge in [-0.25, -0.2) is 0 Å². The van der Waals surface area contributed by atoms with Crippen molar-refractivity contribution in [2.45, 2.75) is 12.8 Å². The highest BCUT2D eigenvalue weighted by atomic mass is 16.6. The number of aliphatic hydroxyl groups is 1. The molecular formula is C14H16N2O4. The number of non-ortho nitro benzene ring substituents is 1. The van der Waals surface area contributed by atoms with E-state index in [1.807, 2.05) is 0 Å². The summed E-state index contributed by atoms with van der Waals surface area (Å²) in [4.78, 5) is 21.8. The zero-order valence-corrected chi connectivity index (χ0v) is 10.9. The Kier molecular flexibility index (Phi) is 4.14. The molecule has 1 aromatic carbocycles. The van der Waals surface area contributed by atoms with Crippen LogP contribution in [0, 0.1) is 15.5 Å². The molecule has 1 aliphatic carbocycles. The van der Waals surface area contributed by atoms with Crippen LogP contribution in [0.3, 0.4) is 0 Å². The van der Waals surface area contributed by atoms with Crippen molar-refractivity contribution in [3.05, 3.63) is 46.0 Å². The molecule has 6 heteroatoms. The fraction of sp³-hybridized carbons (Fsp3) is 0.357. The van der Waals surface area contributed by atoms with Crippen molar-refractivity contribution in [2.24, 2.45) is 5.41 Å². The molecule has 2 N–H and O–H groups in total. The highest BCUT2D eigenvalue weighted by molar-refractivity contribution is 5.91. The quantitative estimate of drug-likeness (QED) is 0.468. The van der Waals surface area contributed by atoms with Gasteiger partial charge in [-0.3, -0.25) is 14.9 Å². The summed E-state index contributed by atoms with van der Waals surface area (Å²) in [5.74, 6) is -0.267. The Labute approximate surface area is 116 Å². The lowest BCUT2D eigenvalue weighted by Crippen LogP contribution is -2.30. The number of benzene rings is 1. The van der Waals surface area contributed by atoms with E-state index in [9.17, 15) is 14.9 Å². The molecule has 0 radical (unpaired) electrons. The van der Waals surface area contributed by atoms with E-state index < -0.39 is 4.92 Å². The summed E-state index contributed by atoms with van der Waals surface area (Å²) >= 11 is 0. The van der Waals surface area contributed by atoms with Crippen LogP contribution in [-0.2, 0) is 4.79 Å². The van der Waals surface area contributed by atoms with E-state index in [4.69, 9.17) is 5.11 Å². The third kappa shape index (κ3) is 3.64. The molecule has 6 nitrogen and oxygen atoms in total. The number of hydrogen-bond donors (Lipinski definition) is 2. The maximum absolute atomic E-state index is 11.6. The van der Waals surface area contributed by atoms with Gasteiger partial charge in [0.05, 0.1) is 11.5 Å². The lowest BCUT2D eigenvalue weighted by molar-refractivity contribution is -0.384. The van der Waals surface area contributed by atoms with Crippen molar-refractivity contribution in [3.8, 4) is 0 Å². The van der Waals surface area contributed by atoms with Crippen molar-refractivity contribution in [3.63, 3.8) is 0 Å². The molecule has 0 bridgehead atoms. The first-order chi connectivity index (χ1) is 9.54. The highest BCUT2D eigenvalue weighted by Gasteiger charge is 2.41. The first kappa shape index (κ1) is 14.2. The van der Waals surface area contributed by atoms with Crippen molar-refractivity contribution in [1.82, 2.24) is 5.32 Å². The van der Waals surface area contributed by atoms with E-state index in [0.717, 1.165) is 12.8 Å². The molecule has 106 valence electrons. The Bertz CT molecular complexity index is 550. The average molecular weight is 276 g/mol. The second kappa shape index (κ2) is 5.83. The van der Waals surface area contributed by atoms with E-state index in [-0.39, 0.29) is 23.6 Å². The Morgan fingerprint density at radius 2 is 2.25 bits per heavy atom. The summed E-state index contributed by atoms with van der Waals surface area (Å²) in [6.07, 6.45) is 4.73. The molecule has 1 saturated carbocycles. The number of hydrogen-bond acceptors (Lipinski definition) is 4. The van der Waals surface area contributed by atoms with E-state index in [0.29, 0.717) is 12.1 Å². The smallest absolute Gasteiger partial charge is 0.270 e. The van der Waals surface area contributed by atoms with Crippen LogP contribution in [-0.4, -0.2) is 29.1 Å². The van der Waals surface area contributed by atoms with E-state index in [2.05, 4.69) is 5.32 Å². The van der Waals surface area contributed by atoms with Crippen molar-refractivity contribution < 1.29 is 14.8 Å². The highest BCUT2D eigenvalue weighted by Crippen LogP contribution is 2.44. The Balaban J connectivity index is 1.90. The van der Waals surface area contributed by atoms with E-state index in [1.54, 1.807) is 12.1 Å². The summed E-state index contributed by atoms with van der Waals surface area (Å²) in [6.45, 7) is 0.545. The van der Waals surface area contributed by atoms with Crippen molar-refractivity contribution >= 4 is 17.7 Å². The minimum atomic E-state index is -0.477. The summed E-state index contributed by atoms with van der Waals surface area (Å²) in [6, 6.07) is 6.06. The van der Waals surface area contributed by atoms with Crippen LogP contribution in [0.2, 0.25) is 0 Å². The first-order valence-electron chi connectivity index (χ1n) is 6.36. The Morgan fingerprint density at radius 1 is 1.50 bits per heavy atom. The summed E-state index contributed by atoms with van der Waals surface area (Å²) in [5.41, 5.74) is 0.456. The number of carbonyl (C=O) groups excluding carboxylic acids is 1. The molecule has 0 heterocycles. The van der Waals surface area contributed by atoms with Crippen LogP contribution in [0.25, 0.3) is 6.08 Å². The molecule has 1 aliphatic rings. The number of aliphatic hydroxyl groups excluding tert-OH is 1. The normalized spacial score (nSPS) is 16.1. The number of carbonyl (C=O) groups is 1. The van der Waals surface area contributed by atoms with Gasteiger partial charge in [-0.2, -0.15) is 0 Å². The molecule has 1 aromatic rings. The van der Waals surface area contributed by atoms with Gasteiger partial charge < -0.3 is 10.4 Å². The third-order valence-corrected chi connectivity index (χ3v) is 3.44. The largest absolute Gasteiger partial charge is 0.396 e. The SMILES string of the molecule is O=C(/C=C/c1cccc([N+](=O)[O-])c1)NCC1(CO)CC1. The van der Waals surface area contributed by atoms with Gasteiger partial charge in [-0.15, -0.1) is 0 Å². The van der Waals surface area contributed by atoms with Gasteiger partial charge in [0.25, 0.3) is 5.69 Å². The van der Waals surface area contributed by atoms with Gasteiger partial charge in [0.1, 0.15) is 0 Å². The summed E-state index contributed by atoms with van der Waals surface area (Å²) in [7, 11) is 0. The van der Waals surface area contributed by atoms with Crippen molar-refractivity contribution in [2.75, 3.05) is 13.2 Å². The van der Waals surface area contributed by atoms with Gasteiger partial charge in [0.15, 0.2) is 0 Å². The molecular weight excluding hydrogens is 260 g/mol. The standard InChI is InChI=1S/C14H16N2O4/c17-10-14(6-7-14)9-15-13(18)5-4-11-2-1-3-12(8-11)16(19)20/h1-5,8,17H,6-7,9-10H2,(H,15,18)/b5-4+. The summed E-state index contributed by atoms with van der Waals surface area (Å²) < 4.78 is 0. The van der Waals surface area contributed by atoms with Crippen LogP contribution < -0.4 is 5.32 Å². The van der Waals surface area contributed by atoms with Gasteiger partial charge in [0, 0.05) is 30.2 Å². The maximum Gasteiger partial charge on any atom is 0.270 e. The minimum absolute atomic E-state index is 0.00947. The Hall–Kier alpha value is -2.21. The van der Waals surface area contributed by atoms with Crippen LogP contribution in [0.1, 0.15) is 18.4 Å². The van der Waals surface area contributed by atoms with Gasteiger partial charge in [-0.05, 0) is 24.5 Å². The third-order valence-electron chi connectivity index (χ3n) is 3.44. The zero-order valence-electron chi connectivity index (χ0n) is 10.9. The fourth-order valence-electron chi connectivity index (χ4n) is 1.82. The molecule has 0 spiro atoms. The van der Waals surface area contributed by atoms with Crippen LogP contribution >= 0.6 is 0 Å². The molecule has 1 amide bonds. The number of nitro groups is 1. The minimum Gasteiger partial charge on any atom is -0.396 e. The Morgan fingerprint density at radius 3 is 2.85 bits per heavy atom. The number of nitrogens with zero attached hydrogens (tertiary/aromatic N) is 1. The second-order valence-electron chi connectivity index (χ2n) is 5.06. The molecule has 0 saturated heterocycles. The number of nitro benzene ring substituents is 1. The van der Waals surface area contributed by atoms with Gasteiger partial charge in [-0.1, -0.05) is 12.1 Å². The molecule has 1 fully saturated rings. The molecule has 20 heavy (non-hydrogen) atoms. The molecule has 0 aliphatic heterocycles. The van der Waals surface area contributed by atoms with Gasteiger partial charge >= 0.3 is 0 Å². The summed E-state index contributed by atoms with van der Waals surface area (Å²) in [5, 5.41) is 22.5. The lowest BCUT2D eigenvalue weighted by atomic mass is 10.1. The molecule has 0 aromatic heterocycles. The average Bonchev–Trinajstić information content (AvgIpc) is 3.24. The number of nitrogens with one attached hydrogen (secondary N) is 1. The number of rotatable bonds is 6. The fourth-order valence-corrected chi connectivity index (χ4v) is 1.82. The molecule has 2 rings (SSSR count). The molecule has 0 atom stereocenters. The number of amides is 1. The monoisotopic (exact) mass is 276 g/mol. The second-order valence-corrected chi connectivity index (χ2v) is 5.06. The lowest BCUT2D eigenvalue weighted by Gasteiger charge is -2.10. The zero-order chi connectivity index (χ0) is 14.6. The predicted octanol–water partition coefficient (Wildman–Crippen LogP) is 1.50. The maximum atomic E-state index is 11.6. The first-order valence-corrected chi connectivity index (χ1v) is 6.36. The topological polar surface area (TPSA) is 92.5 Å². The van der Waals surface area contributed by atoms with Crippen LogP contribution in [0.5, 0.6) is 0 Å². The predicted molar refractivity (Wildman–Crippen MR) is 73.9 cm³/mol. The molecule has 0 unspecified atom stereocenters. The van der Waals surface area contributed by atoms with Crippen LogP contribution in [0.15, 0.2) is 30.3 Å². The van der Waals surface area contributed by atoms with E-state index in [1.165, 1.54) is 24.3 Å².